The zero-order valence-electron chi connectivity index (χ0n) is 13.2. The molecule has 1 N–H and O–H groups in total. The van der Waals surface area contributed by atoms with Crippen molar-refractivity contribution in [3.8, 4) is 0 Å². The Balaban J connectivity index is 1.87. The summed E-state index contributed by atoms with van der Waals surface area (Å²) in [6.07, 6.45) is 3.95. The lowest BCUT2D eigenvalue weighted by Gasteiger charge is -2.38. The second-order valence-corrected chi connectivity index (χ2v) is 6.12. The van der Waals surface area contributed by atoms with Crippen LogP contribution in [-0.2, 0) is 4.74 Å². The van der Waals surface area contributed by atoms with Gasteiger partial charge in [-0.05, 0) is 57.5 Å². The molecule has 5 nitrogen and oxygen atoms in total. The highest BCUT2D eigenvalue weighted by atomic mass is 16.5. The van der Waals surface area contributed by atoms with Gasteiger partial charge in [0.05, 0.1) is 12.2 Å². The molecule has 116 valence electrons. The lowest BCUT2D eigenvalue weighted by atomic mass is 9.80. The fraction of sp³-hybridized carbons (Fsp3) is 0.625. The third kappa shape index (κ3) is 4.43. The van der Waals surface area contributed by atoms with Crippen LogP contribution in [0.2, 0.25) is 0 Å². The normalized spacial score (nSPS) is 18.2. The number of hydrogen-bond acceptors (Lipinski definition) is 5. The van der Waals surface area contributed by atoms with Crippen LogP contribution in [0.1, 0.15) is 37.0 Å². The molecule has 1 saturated heterocycles. The predicted molar refractivity (Wildman–Crippen MR) is 83.5 cm³/mol. The number of anilines is 1. The lowest BCUT2D eigenvalue weighted by Crippen LogP contribution is -2.40. The smallest absolute Gasteiger partial charge is 0.339 e. The number of piperidine rings is 1. The Labute approximate surface area is 126 Å². The summed E-state index contributed by atoms with van der Waals surface area (Å²) in [7, 11) is 2.17. The van der Waals surface area contributed by atoms with Gasteiger partial charge < -0.3 is 15.0 Å². The van der Waals surface area contributed by atoms with E-state index < -0.39 is 0 Å². The summed E-state index contributed by atoms with van der Waals surface area (Å²) >= 11 is 0. The molecule has 0 aromatic carbocycles. The zero-order chi connectivity index (χ0) is 15.3. The molecule has 2 rings (SSSR count). The van der Waals surface area contributed by atoms with E-state index in [0.29, 0.717) is 17.6 Å². The second kappa shape index (κ2) is 6.89. The summed E-state index contributed by atoms with van der Waals surface area (Å²) in [5.41, 5.74) is 0.807. The van der Waals surface area contributed by atoms with Gasteiger partial charge >= 0.3 is 5.97 Å². The molecule has 5 heteroatoms. The fourth-order valence-corrected chi connectivity index (χ4v) is 2.47. The number of aromatic nitrogens is 1. The maximum absolute atomic E-state index is 11.6. The average Bonchev–Trinajstić information content (AvgIpc) is 2.49. The molecule has 0 atom stereocenters. The van der Waals surface area contributed by atoms with E-state index in [0.717, 1.165) is 25.5 Å². The van der Waals surface area contributed by atoms with Gasteiger partial charge in [0.2, 0.25) is 0 Å². The van der Waals surface area contributed by atoms with Gasteiger partial charge in [-0.3, -0.25) is 0 Å². The highest BCUT2D eigenvalue weighted by molar-refractivity contribution is 5.89. The summed E-state index contributed by atoms with van der Waals surface area (Å²) < 4.78 is 4.95. The fourth-order valence-electron chi connectivity index (χ4n) is 2.47. The monoisotopic (exact) mass is 291 g/mol. The highest BCUT2D eigenvalue weighted by Gasteiger charge is 2.28. The standard InChI is InChI=1S/C16H25N3O2/c1-4-21-15(20)13-5-6-14(17-11-13)18-12-16(2)7-9-19(3)10-8-16/h5-6,11H,4,7-10,12H2,1-3H3,(H,17,18). The van der Waals surface area contributed by atoms with Crippen LogP contribution in [0.25, 0.3) is 0 Å². The summed E-state index contributed by atoms with van der Waals surface area (Å²) in [6, 6.07) is 3.59. The van der Waals surface area contributed by atoms with Gasteiger partial charge in [0, 0.05) is 12.7 Å². The van der Waals surface area contributed by atoms with Crippen LogP contribution in [0.4, 0.5) is 5.82 Å². The van der Waals surface area contributed by atoms with E-state index in [1.807, 2.05) is 6.07 Å². The van der Waals surface area contributed by atoms with Crippen molar-refractivity contribution < 1.29 is 9.53 Å². The van der Waals surface area contributed by atoms with Crippen molar-refractivity contribution >= 4 is 11.8 Å². The van der Waals surface area contributed by atoms with E-state index in [2.05, 4.69) is 29.2 Å². The molecule has 1 fully saturated rings. The van der Waals surface area contributed by atoms with Crippen molar-refractivity contribution in [3.05, 3.63) is 23.9 Å². The Morgan fingerprint density at radius 2 is 2.14 bits per heavy atom. The Hall–Kier alpha value is -1.62. The van der Waals surface area contributed by atoms with E-state index >= 15 is 0 Å². The van der Waals surface area contributed by atoms with Gasteiger partial charge in [0.1, 0.15) is 5.82 Å². The number of pyridine rings is 1. The molecule has 0 unspecified atom stereocenters. The number of carbonyl (C=O) groups is 1. The van der Waals surface area contributed by atoms with Gasteiger partial charge in [-0.2, -0.15) is 0 Å². The minimum Gasteiger partial charge on any atom is -0.462 e. The topological polar surface area (TPSA) is 54.5 Å². The molecule has 1 aliphatic rings. The summed E-state index contributed by atoms with van der Waals surface area (Å²) in [4.78, 5) is 18.2. The van der Waals surface area contributed by atoms with E-state index in [4.69, 9.17) is 4.74 Å². The average molecular weight is 291 g/mol. The molecule has 1 aromatic heterocycles. The molecule has 1 aromatic rings. The molecule has 0 amide bonds. The molecule has 0 aliphatic carbocycles. The first-order valence-electron chi connectivity index (χ1n) is 7.58. The van der Waals surface area contributed by atoms with Crippen LogP contribution >= 0.6 is 0 Å². The van der Waals surface area contributed by atoms with E-state index in [9.17, 15) is 4.79 Å². The third-order valence-electron chi connectivity index (χ3n) is 4.17. The highest BCUT2D eigenvalue weighted by Crippen LogP contribution is 2.30. The van der Waals surface area contributed by atoms with Crippen LogP contribution in [-0.4, -0.2) is 49.1 Å². The number of rotatable bonds is 5. The van der Waals surface area contributed by atoms with Crippen LogP contribution in [0.15, 0.2) is 18.3 Å². The van der Waals surface area contributed by atoms with Gasteiger partial charge in [-0.15, -0.1) is 0 Å². The SMILES string of the molecule is CCOC(=O)c1ccc(NCC2(C)CCN(C)CC2)nc1. The number of carbonyl (C=O) groups excluding carboxylic acids is 1. The van der Waals surface area contributed by atoms with Gasteiger partial charge in [0.25, 0.3) is 0 Å². The van der Waals surface area contributed by atoms with Crippen molar-refractivity contribution in [2.45, 2.75) is 26.7 Å². The molecule has 0 spiro atoms. The van der Waals surface area contributed by atoms with Crippen molar-refractivity contribution in [1.29, 1.82) is 0 Å². The number of likely N-dealkylation sites (tertiary alicyclic amines) is 1. The molecular formula is C16H25N3O2. The largest absolute Gasteiger partial charge is 0.462 e. The van der Waals surface area contributed by atoms with Crippen LogP contribution in [0, 0.1) is 5.41 Å². The Morgan fingerprint density at radius 3 is 2.71 bits per heavy atom. The van der Waals surface area contributed by atoms with Crippen molar-refractivity contribution in [1.82, 2.24) is 9.88 Å². The number of nitrogens with zero attached hydrogens (tertiary/aromatic N) is 2. The first kappa shape index (κ1) is 15.8. The minimum atomic E-state index is -0.321. The molecule has 0 saturated carbocycles. The Bertz CT molecular complexity index is 465. The molecular weight excluding hydrogens is 266 g/mol. The van der Waals surface area contributed by atoms with E-state index in [1.54, 1.807) is 19.2 Å². The number of ether oxygens (including phenoxy) is 1. The maximum Gasteiger partial charge on any atom is 0.339 e. The first-order valence-corrected chi connectivity index (χ1v) is 7.58. The van der Waals surface area contributed by atoms with E-state index in [1.165, 1.54) is 12.8 Å². The van der Waals surface area contributed by atoms with Crippen molar-refractivity contribution in [3.63, 3.8) is 0 Å². The number of nitrogens with one attached hydrogen (secondary N) is 1. The summed E-state index contributed by atoms with van der Waals surface area (Å²) in [5.74, 6) is 0.488. The molecule has 21 heavy (non-hydrogen) atoms. The predicted octanol–water partition coefficient (Wildman–Crippen LogP) is 2.40. The van der Waals surface area contributed by atoms with Gasteiger partial charge in [-0.1, -0.05) is 6.92 Å². The van der Waals surface area contributed by atoms with Crippen LogP contribution < -0.4 is 5.32 Å². The third-order valence-corrected chi connectivity index (χ3v) is 4.17. The number of esters is 1. The maximum atomic E-state index is 11.6. The Kier molecular flexibility index (Phi) is 5.17. The van der Waals surface area contributed by atoms with Crippen molar-refractivity contribution in [2.75, 3.05) is 38.6 Å². The summed E-state index contributed by atoms with van der Waals surface area (Å²) in [6.45, 7) is 7.70. The lowest BCUT2D eigenvalue weighted by molar-refractivity contribution is 0.0526. The van der Waals surface area contributed by atoms with Gasteiger partial charge in [-0.25, -0.2) is 9.78 Å². The number of hydrogen-bond donors (Lipinski definition) is 1. The quantitative estimate of drug-likeness (QED) is 0.844. The van der Waals surface area contributed by atoms with E-state index in [-0.39, 0.29) is 5.97 Å². The molecule has 0 radical (unpaired) electrons. The molecule has 1 aliphatic heterocycles. The zero-order valence-corrected chi connectivity index (χ0v) is 13.2. The minimum absolute atomic E-state index is 0.313. The summed E-state index contributed by atoms with van der Waals surface area (Å²) in [5, 5.41) is 3.39. The van der Waals surface area contributed by atoms with Crippen molar-refractivity contribution in [2.24, 2.45) is 5.41 Å². The van der Waals surface area contributed by atoms with Crippen LogP contribution in [0.3, 0.4) is 0 Å². The first-order chi connectivity index (χ1) is 10.0. The molecule has 0 bridgehead atoms. The Morgan fingerprint density at radius 1 is 1.43 bits per heavy atom. The van der Waals surface area contributed by atoms with Crippen LogP contribution in [0.5, 0.6) is 0 Å². The second-order valence-electron chi connectivity index (χ2n) is 6.12. The van der Waals surface area contributed by atoms with Gasteiger partial charge in [0.15, 0.2) is 0 Å². The molecule has 2 heterocycles.